The fourth-order valence-electron chi connectivity index (χ4n) is 1.55. The van der Waals surface area contributed by atoms with E-state index in [1.165, 1.54) is 0 Å². The largest absolute Gasteiger partial charge is 0.469 e. The molecule has 1 aliphatic heterocycles. The molecular weight excluding hydrogens is 300 g/mol. The van der Waals surface area contributed by atoms with E-state index < -0.39 is 48.9 Å². The molecule has 116 valence electrons. The van der Waals surface area contributed by atoms with Crippen LogP contribution in [0.3, 0.4) is 0 Å². The van der Waals surface area contributed by atoms with Crippen LogP contribution in [-0.2, 0) is 19.1 Å². The Morgan fingerprint density at radius 3 is 2.15 bits per heavy atom. The van der Waals surface area contributed by atoms with Gasteiger partial charge in [-0.15, -0.1) is 0 Å². The number of cyclic esters (lactones) is 1. The number of methoxy groups -OCH3 is 1. The monoisotopic (exact) mass is 309 g/mol. The van der Waals surface area contributed by atoms with Crippen LogP contribution in [0.15, 0.2) is 0 Å². The second kappa shape index (κ2) is 5.11. The molecule has 1 rings (SSSR count). The minimum absolute atomic E-state index is 0.533. The average Bonchev–Trinajstić information content (AvgIpc) is 2.63. The van der Waals surface area contributed by atoms with Crippen LogP contribution in [0.25, 0.3) is 0 Å². The third kappa shape index (κ3) is 2.81. The molecule has 0 amide bonds. The molecule has 1 atom stereocenters. The van der Waals surface area contributed by atoms with Crippen molar-refractivity contribution in [3.05, 3.63) is 0 Å². The third-order valence-corrected chi connectivity index (χ3v) is 2.58. The molecule has 0 spiro atoms. The van der Waals surface area contributed by atoms with E-state index >= 15 is 0 Å². The Balaban J connectivity index is 2.94. The van der Waals surface area contributed by atoms with Crippen molar-refractivity contribution < 1.29 is 45.4 Å². The number of hydrogen-bond acceptors (Lipinski definition) is 5. The Labute approximate surface area is 108 Å². The number of carbonyl (C=O) groups is 2. The molecule has 1 heterocycles. The molecule has 0 aromatic heterocycles. The highest BCUT2D eigenvalue weighted by molar-refractivity contribution is 5.80. The molecule has 1 saturated heterocycles. The summed E-state index contributed by atoms with van der Waals surface area (Å²) < 4.78 is 83.1. The van der Waals surface area contributed by atoms with E-state index in [0.29, 0.717) is 0 Å². The summed E-state index contributed by atoms with van der Waals surface area (Å²) in [4.78, 5) is 21.9. The Hall–Kier alpha value is -1.52. The minimum Gasteiger partial charge on any atom is -0.469 e. The van der Waals surface area contributed by atoms with Crippen LogP contribution < -0.4 is 5.32 Å². The molecule has 0 aliphatic carbocycles. The summed E-state index contributed by atoms with van der Waals surface area (Å²) in [6.45, 7) is 0. The molecule has 1 aliphatic rings. The molecule has 0 aromatic carbocycles. The van der Waals surface area contributed by atoms with Gasteiger partial charge in [0, 0.05) is 6.42 Å². The predicted octanol–water partition coefficient (Wildman–Crippen LogP) is 1.28. The lowest BCUT2D eigenvalue weighted by Gasteiger charge is -2.31. The summed E-state index contributed by atoms with van der Waals surface area (Å²) in [6.07, 6.45) is -12.9. The standard InChI is InChI=1S/C9H9F6NO4/c1-19-5(17)3-2-4-6(18)20-7(16-4,8(10,11)12)9(13,14)15/h4,16H,2-3H2,1H3. The number of carbonyl (C=O) groups excluding carboxylic acids is 2. The lowest BCUT2D eigenvalue weighted by molar-refractivity contribution is -0.369. The van der Waals surface area contributed by atoms with Crippen molar-refractivity contribution in [2.24, 2.45) is 0 Å². The molecule has 0 radical (unpaired) electrons. The van der Waals surface area contributed by atoms with Gasteiger partial charge in [0.1, 0.15) is 6.04 Å². The van der Waals surface area contributed by atoms with Gasteiger partial charge in [-0.25, -0.2) is 0 Å². The molecule has 1 fully saturated rings. The van der Waals surface area contributed by atoms with Gasteiger partial charge in [-0.3, -0.25) is 14.9 Å². The Kier molecular flexibility index (Phi) is 4.22. The van der Waals surface area contributed by atoms with E-state index in [1.54, 1.807) is 0 Å². The van der Waals surface area contributed by atoms with Crippen molar-refractivity contribution >= 4 is 11.9 Å². The summed E-state index contributed by atoms with van der Waals surface area (Å²) in [5.74, 6) is -2.61. The van der Waals surface area contributed by atoms with Crippen molar-refractivity contribution in [3.8, 4) is 0 Å². The lowest BCUT2D eigenvalue weighted by Crippen LogP contribution is -2.65. The molecule has 1 unspecified atom stereocenters. The van der Waals surface area contributed by atoms with Gasteiger partial charge in [-0.1, -0.05) is 0 Å². The van der Waals surface area contributed by atoms with E-state index in [4.69, 9.17) is 0 Å². The highest BCUT2D eigenvalue weighted by atomic mass is 19.4. The molecule has 5 nitrogen and oxygen atoms in total. The van der Waals surface area contributed by atoms with Gasteiger partial charge < -0.3 is 9.47 Å². The zero-order valence-corrected chi connectivity index (χ0v) is 9.89. The van der Waals surface area contributed by atoms with Crippen LogP contribution in [0.2, 0.25) is 0 Å². The summed E-state index contributed by atoms with van der Waals surface area (Å²) in [5, 5.41) is 1.08. The molecular formula is C9H9F6NO4. The smallest absolute Gasteiger partial charge is 0.452 e. The first kappa shape index (κ1) is 16.5. The first-order valence-electron chi connectivity index (χ1n) is 5.15. The molecule has 0 bridgehead atoms. The van der Waals surface area contributed by atoms with Crippen molar-refractivity contribution in [1.82, 2.24) is 5.32 Å². The topological polar surface area (TPSA) is 64.6 Å². The summed E-state index contributed by atoms with van der Waals surface area (Å²) >= 11 is 0. The van der Waals surface area contributed by atoms with E-state index in [9.17, 15) is 35.9 Å². The van der Waals surface area contributed by atoms with Gasteiger partial charge in [0.25, 0.3) is 0 Å². The maximum Gasteiger partial charge on any atom is 0.452 e. The van der Waals surface area contributed by atoms with E-state index in [1.807, 2.05) is 0 Å². The Bertz CT molecular complexity index is 390. The number of hydrogen-bond donors (Lipinski definition) is 1. The Morgan fingerprint density at radius 2 is 1.80 bits per heavy atom. The van der Waals surface area contributed by atoms with Gasteiger partial charge in [0.05, 0.1) is 7.11 Å². The number of nitrogens with one attached hydrogen (secondary N) is 1. The van der Waals surface area contributed by atoms with Gasteiger partial charge >= 0.3 is 30.0 Å². The maximum atomic E-state index is 12.6. The van der Waals surface area contributed by atoms with Crippen LogP contribution in [0.5, 0.6) is 0 Å². The Morgan fingerprint density at radius 1 is 1.30 bits per heavy atom. The normalized spacial score (nSPS) is 22.6. The zero-order chi connectivity index (χ0) is 15.8. The highest BCUT2D eigenvalue weighted by Crippen LogP contribution is 2.47. The highest BCUT2D eigenvalue weighted by Gasteiger charge is 2.78. The van der Waals surface area contributed by atoms with Gasteiger partial charge in [-0.05, 0) is 6.42 Å². The van der Waals surface area contributed by atoms with Crippen LogP contribution in [0.1, 0.15) is 12.8 Å². The first-order valence-corrected chi connectivity index (χ1v) is 5.15. The quantitative estimate of drug-likeness (QED) is 0.628. The fraction of sp³-hybridized carbons (Fsp3) is 0.778. The number of esters is 2. The van der Waals surface area contributed by atoms with Gasteiger partial charge in [0.15, 0.2) is 0 Å². The van der Waals surface area contributed by atoms with Crippen LogP contribution >= 0.6 is 0 Å². The number of ether oxygens (including phenoxy) is 2. The summed E-state index contributed by atoms with van der Waals surface area (Å²) in [5.41, 5.74) is -4.75. The van der Waals surface area contributed by atoms with E-state index in [2.05, 4.69) is 9.47 Å². The fourth-order valence-corrected chi connectivity index (χ4v) is 1.55. The third-order valence-electron chi connectivity index (χ3n) is 2.58. The SMILES string of the molecule is COC(=O)CCC1NC(C(F)(F)F)(C(F)(F)F)OC1=O. The van der Waals surface area contributed by atoms with E-state index in [-0.39, 0.29) is 0 Å². The number of alkyl halides is 6. The molecule has 20 heavy (non-hydrogen) atoms. The number of halogens is 6. The summed E-state index contributed by atoms with van der Waals surface area (Å²) in [6, 6.07) is -1.91. The lowest BCUT2D eigenvalue weighted by atomic mass is 10.1. The second-order valence-electron chi connectivity index (χ2n) is 3.91. The van der Waals surface area contributed by atoms with Crippen molar-refractivity contribution in [2.45, 2.75) is 37.0 Å². The maximum absolute atomic E-state index is 12.6. The van der Waals surface area contributed by atoms with Crippen molar-refractivity contribution in [1.29, 1.82) is 0 Å². The van der Waals surface area contributed by atoms with E-state index in [0.717, 1.165) is 12.4 Å². The number of rotatable bonds is 3. The predicted molar refractivity (Wildman–Crippen MR) is 49.1 cm³/mol. The zero-order valence-electron chi connectivity index (χ0n) is 9.89. The van der Waals surface area contributed by atoms with Crippen molar-refractivity contribution in [2.75, 3.05) is 7.11 Å². The molecule has 1 N–H and O–H groups in total. The first-order chi connectivity index (χ1) is 8.94. The minimum atomic E-state index is -5.89. The van der Waals surface area contributed by atoms with Gasteiger partial charge in [0.2, 0.25) is 0 Å². The average molecular weight is 309 g/mol. The second-order valence-corrected chi connectivity index (χ2v) is 3.91. The molecule has 0 saturated carbocycles. The van der Waals surface area contributed by atoms with Crippen molar-refractivity contribution in [3.63, 3.8) is 0 Å². The van der Waals surface area contributed by atoms with Crippen LogP contribution in [0, 0.1) is 0 Å². The van der Waals surface area contributed by atoms with Crippen LogP contribution in [0.4, 0.5) is 26.3 Å². The molecule has 11 heteroatoms. The molecule has 0 aromatic rings. The van der Waals surface area contributed by atoms with Gasteiger partial charge in [-0.2, -0.15) is 26.3 Å². The summed E-state index contributed by atoms with van der Waals surface area (Å²) in [7, 11) is 0.985. The van der Waals surface area contributed by atoms with Crippen LogP contribution in [-0.4, -0.2) is 43.2 Å².